The van der Waals surface area contributed by atoms with Crippen molar-refractivity contribution in [2.24, 2.45) is 0 Å². The minimum Gasteiger partial charge on any atom is -0.380 e. The molecule has 0 radical (unpaired) electrons. The fourth-order valence-electron chi connectivity index (χ4n) is 1.78. The van der Waals surface area contributed by atoms with Crippen LogP contribution in [0.5, 0.6) is 0 Å². The molecule has 20 heavy (non-hydrogen) atoms. The predicted molar refractivity (Wildman–Crippen MR) is 85.9 cm³/mol. The van der Waals surface area contributed by atoms with Crippen LogP contribution in [0.25, 0.3) is 0 Å². The SMILES string of the molecule is CC=C(C(NC(C)(C)C)=C(C)C)P(=O)(OCC)OCC. The van der Waals surface area contributed by atoms with Crippen molar-refractivity contribution in [2.45, 2.75) is 60.9 Å². The van der Waals surface area contributed by atoms with E-state index in [0.29, 0.717) is 18.5 Å². The molecule has 0 aliphatic heterocycles. The molecule has 0 rings (SSSR count). The quantitative estimate of drug-likeness (QED) is 0.540. The Hall–Kier alpha value is -0.570. The van der Waals surface area contributed by atoms with Gasteiger partial charge in [-0.3, -0.25) is 4.57 Å². The molecule has 0 spiro atoms. The summed E-state index contributed by atoms with van der Waals surface area (Å²) in [4.78, 5) is 0. The summed E-state index contributed by atoms with van der Waals surface area (Å²) in [6.07, 6.45) is 1.81. The molecular weight excluding hydrogens is 273 g/mol. The van der Waals surface area contributed by atoms with Gasteiger partial charge in [0.15, 0.2) is 0 Å². The Balaban J connectivity index is 5.73. The Morgan fingerprint density at radius 3 is 1.85 bits per heavy atom. The lowest BCUT2D eigenvalue weighted by atomic mass is 10.1. The van der Waals surface area contributed by atoms with Gasteiger partial charge in [0.1, 0.15) is 0 Å². The highest BCUT2D eigenvalue weighted by Gasteiger charge is 2.33. The summed E-state index contributed by atoms with van der Waals surface area (Å²) in [5, 5.41) is 4.02. The molecule has 0 heterocycles. The van der Waals surface area contributed by atoms with E-state index in [1.807, 2.05) is 40.7 Å². The van der Waals surface area contributed by atoms with Gasteiger partial charge in [-0.05, 0) is 55.4 Å². The summed E-state index contributed by atoms with van der Waals surface area (Å²) in [6.45, 7) is 16.4. The average molecular weight is 303 g/mol. The van der Waals surface area contributed by atoms with Crippen LogP contribution in [0.3, 0.4) is 0 Å². The molecule has 0 aromatic carbocycles. The zero-order chi connectivity index (χ0) is 16.0. The molecule has 0 aliphatic rings. The molecule has 0 saturated heterocycles. The molecule has 0 saturated carbocycles. The van der Waals surface area contributed by atoms with E-state index in [1.54, 1.807) is 0 Å². The Labute approximate surface area is 124 Å². The largest absolute Gasteiger partial charge is 0.380 e. The van der Waals surface area contributed by atoms with Gasteiger partial charge < -0.3 is 14.4 Å². The van der Waals surface area contributed by atoms with Crippen molar-refractivity contribution in [1.29, 1.82) is 0 Å². The van der Waals surface area contributed by atoms with Crippen LogP contribution >= 0.6 is 7.60 Å². The molecule has 0 aromatic rings. The minimum absolute atomic E-state index is 0.135. The van der Waals surface area contributed by atoms with Crippen LogP contribution in [0.15, 0.2) is 22.7 Å². The van der Waals surface area contributed by atoms with E-state index in [2.05, 4.69) is 26.1 Å². The summed E-state index contributed by atoms with van der Waals surface area (Å²) >= 11 is 0. The first kappa shape index (κ1) is 19.4. The molecule has 0 aliphatic carbocycles. The monoisotopic (exact) mass is 303 g/mol. The first-order valence-electron chi connectivity index (χ1n) is 7.13. The van der Waals surface area contributed by atoms with Gasteiger partial charge in [0.2, 0.25) is 0 Å². The maximum atomic E-state index is 13.0. The third-order valence-corrected chi connectivity index (χ3v) is 4.69. The predicted octanol–water partition coefficient (Wildman–Crippen LogP) is 4.84. The van der Waals surface area contributed by atoms with Gasteiger partial charge in [0, 0.05) is 11.2 Å². The topological polar surface area (TPSA) is 47.6 Å². The molecule has 5 heteroatoms. The zero-order valence-electron chi connectivity index (χ0n) is 14.2. The van der Waals surface area contributed by atoms with Gasteiger partial charge >= 0.3 is 7.60 Å². The van der Waals surface area contributed by atoms with E-state index in [-0.39, 0.29) is 5.54 Å². The summed E-state index contributed by atoms with van der Waals surface area (Å²) in [5.74, 6) is 0. The highest BCUT2D eigenvalue weighted by molar-refractivity contribution is 7.58. The fraction of sp³-hybridized carbons (Fsp3) is 0.733. The van der Waals surface area contributed by atoms with Crippen molar-refractivity contribution < 1.29 is 13.6 Å². The molecule has 0 unspecified atom stereocenters. The average Bonchev–Trinajstić information content (AvgIpc) is 2.27. The van der Waals surface area contributed by atoms with Crippen molar-refractivity contribution in [3.63, 3.8) is 0 Å². The van der Waals surface area contributed by atoms with Gasteiger partial charge in [-0.25, -0.2) is 0 Å². The second-order valence-corrected chi connectivity index (χ2v) is 7.75. The standard InChI is InChI=1S/C15H30NO3P/c1-9-13(20(17,18-10-2)19-11-3)14(12(4)5)16-15(6,7)8/h9,16H,10-11H2,1-8H3. The maximum absolute atomic E-state index is 13.0. The lowest BCUT2D eigenvalue weighted by Crippen LogP contribution is -2.36. The molecule has 0 bridgehead atoms. The van der Waals surface area contributed by atoms with Gasteiger partial charge in [-0.15, -0.1) is 0 Å². The second kappa shape index (κ2) is 8.02. The van der Waals surface area contributed by atoms with Crippen LogP contribution in [-0.4, -0.2) is 18.8 Å². The van der Waals surface area contributed by atoms with E-state index >= 15 is 0 Å². The first-order chi connectivity index (χ1) is 9.11. The molecule has 0 aromatic heterocycles. The number of nitrogens with one attached hydrogen (secondary N) is 1. The van der Waals surface area contributed by atoms with Crippen LogP contribution in [-0.2, 0) is 13.6 Å². The minimum atomic E-state index is -3.28. The number of rotatable bonds is 7. The molecular formula is C15H30NO3P. The van der Waals surface area contributed by atoms with E-state index in [1.165, 1.54) is 0 Å². The number of hydrogen-bond acceptors (Lipinski definition) is 4. The summed E-state index contributed by atoms with van der Waals surface area (Å²) in [7, 11) is -3.28. The third kappa shape index (κ3) is 5.82. The molecule has 0 amide bonds. The van der Waals surface area contributed by atoms with Gasteiger partial charge in [-0.1, -0.05) is 11.6 Å². The van der Waals surface area contributed by atoms with Gasteiger partial charge in [0.05, 0.1) is 18.5 Å². The van der Waals surface area contributed by atoms with Crippen LogP contribution in [0.2, 0.25) is 0 Å². The molecule has 4 nitrogen and oxygen atoms in total. The second-order valence-electron chi connectivity index (χ2n) is 5.76. The lowest BCUT2D eigenvalue weighted by molar-refractivity contribution is 0.226. The van der Waals surface area contributed by atoms with Crippen LogP contribution < -0.4 is 5.32 Å². The van der Waals surface area contributed by atoms with Crippen LogP contribution in [0, 0.1) is 0 Å². The first-order valence-corrected chi connectivity index (χ1v) is 8.67. The van der Waals surface area contributed by atoms with Crippen molar-refractivity contribution in [2.75, 3.05) is 13.2 Å². The van der Waals surface area contributed by atoms with Crippen LogP contribution in [0.1, 0.15) is 55.4 Å². The van der Waals surface area contributed by atoms with E-state index in [9.17, 15) is 4.57 Å². The molecule has 0 fully saturated rings. The number of allylic oxidation sites excluding steroid dienone is 3. The molecule has 118 valence electrons. The zero-order valence-corrected chi connectivity index (χ0v) is 15.1. The summed E-state index contributed by atoms with van der Waals surface area (Å²) < 4.78 is 23.9. The third-order valence-electron chi connectivity index (χ3n) is 2.42. The fourth-order valence-corrected chi connectivity index (χ4v) is 3.68. The van der Waals surface area contributed by atoms with Crippen molar-refractivity contribution >= 4 is 7.60 Å². The van der Waals surface area contributed by atoms with E-state index in [4.69, 9.17) is 9.05 Å². The van der Waals surface area contributed by atoms with Gasteiger partial charge in [0.25, 0.3) is 0 Å². The highest BCUT2D eigenvalue weighted by atomic mass is 31.2. The Kier molecular flexibility index (Phi) is 7.79. The maximum Gasteiger partial charge on any atom is 0.363 e. The van der Waals surface area contributed by atoms with Crippen molar-refractivity contribution in [3.05, 3.63) is 22.7 Å². The Morgan fingerprint density at radius 1 is 1.15 bits per heavy atom. The summed E-state index contributed by atoms with van der Waals surface area (Å²) in [5.41, 5.74) is 1.75. The Morgan fingerprint density at radius 2 is 1.60 bits per heavy atom. The molecule has 1 N–H and O–H groups in total. The van der Waals surface area contributed by atoms with Crippen molar-refractivity contribution in [1.82, 2.24) is 5.32 Å². The number of hydrogen-bond donors (Lipinski definition) is 1. The van der Waals surface area contributed by atoms with E-state index < -0.39 is 7.60 Å². The van der Waals surface area contributed by atoms with Gasteiger partial charge in [-0.2, -0.15) is 0 Å². The van der Waals surface area contributed by atoms with E-state index in [0.717, 1.165) is 11.3 Å². The Bertz CT molecular complexity index is 405. The normalized spacial score (nSPS) is 13.3. The van der Waals surface area contributed by atoms with Crippen molar-refractivity contribution in [3.8, 4) is 0 Å². The lowest BCUT2D eigenvalue weighted by Gasteiger charge is -2.29. The summed E-state index contributed by atoms with van der Waals surface area (Å²) in [6, 6.07) is 0. The molecule has 0 atom stereocenters. The smallest absolute Gasteiger partial charge is 0.363 e. The highest BCUT2D eigenvalue weighted by Crippen LogP contribution is 2.58. The van der Waals surface area contributed by atoms with Crippen LogP contribution in [0.4, 0.5) is 0 Å².